The van der Waals surface area contributed by atoms with Crippen LogP contribution < -0.4 is 5.73 Å². The zero-order chi connectivity index (χ0) is 13.5. The van der Waals surface area contributed by atoms with Crippen molar-refractivity contribution in [1.29, 1.82) is 0 Å². The molecule has 0 aromatic heterocycles. The molecule has 0 saturated heterocycles. The molecule has 0 fully saturated rings. The number of thiocarbonyl (C=S) groups is 1. The van der Waals surface area contributed by atoms with Gasteiger partial charge in [-0.25, -0.2) is 4.39 Å². The van der Waals surface area contributed by atoms with Crippen molar-refractivity contribution < 1.29 is 4.39 Å². The van der Waals surface area contributed by atoms with E-state index in [0.717, 1.165) is 37.1 Å². The van der Waals surface area contributed by atoms with Crippen LogP contribution in [0, 0.1) is 5.82 Å². The Hall–Kier alpha value is -1.00. The topological polar surface area (TPSA) is 29.3 Å². The molecule has 1 aromatic rings. The van der Waals surface area contributed by atoms with Crippen LogP contribution in [-0.4, -0.2) is 23.0 Å². The molecule has 0 aliphatic carbocycles. The molecule has 0 unspecified atom stereocenters. The second-order valence-electron chi connectivity index (χ2n) is 4.39. The van der Waals surface area contributed by atoms with Crippen molar-refractivity contribution in [2.24, 2.45) is 5.73 Å². The minimum Gasteiger partial charge on any atom is -0.389 e. The maximum atomic E-state index is 13.3. The van der Waals surface area contributed by atoms with Crippen LogP contribution in [0.1, 0.15) is 37.8 Å². The monoisotopic (exact) mass is 268 g/mol. The molecule has 0 spiro atoms. The van der Waals surface area contributed by atoms with Crippen LogP contribution in [0.15, 0.2) is 18.2 Å². The van der Waals surface area contributed by atoms with Gasteiger partial charge in [0.15, 0.2) is 0 Å². The van der Waals surface area contributed by atoms with Gasteiger partial charge in [0.1, 0.15) is 10.8 Å². The molecule has 18 heavy (non-hydrogen) atoms. The van der Waals surface area contributed by atoms with Crippen LogP contribution in [0.4, 0.5) is 4.39 Å². The van der Waals surface area contributed by atoms with Crippen LogP contribution in [-0.2, 0) is 6.54 Å². The number of hydrogen-bond donors (Lipinski definition) is 1. The Bertz CT molecular complexity index is 407. The van der Waals surface area contributed by atoms with Gasteiger partial charge in [0.25, 0.3) is 0 Å². The van der Waals surface area contributed by atoms with Gasteiger partial charge in [0.05, 0.1) is 0 Å². The second-order valence-corrected chi connectivity index (χ2v) is 4.83. The molecule has 0 amide bonds. The average Bonchev–Trinajstić information content (AvgIpc) is 2.34. The molecule has 0 aliphatic rings. The van der Waals surface area contributed by atoms with Gasteiger partial charge in [-0.1, -0.05) is 32.5 Å². The lowest BCUT2D eigenvalue weighted by Gasteiger charge is -2.21. The van der Waals surface area contributed by atoms with Gasteiger partial charge in [-0.05, 0) is 43.3 Å². The van der Waals surface area contributed by atoms with E-state index < -0.39 is 0 Å². The molecule has 0 heterocycles. The van der Waals surface area contributed by atoms with Gasteiger partial charge in [-0.15, -0.1) is 0 Å². The first kappa shape index (κ1) is 15.1. The number of nitrogens with zero attached hydrogens (tertiary/aromatic N) is 1. The highest BCUT2D eigenvalue weighted by Gasteiger charge is 2.10. The minimum absolute atomic E-state index is 0.239. The molecule has 0 saturated carbocycles. The van der Waals surface area contributed by atoms with Crippen LogP contribution in [0.2, 0.25) is 0 Å². The highest BCUT2D eigenvalue weighted by Crippen LogP contribution is 2.14. The lowest BCUT2D eigenvalue weighted by Crippen LogP contribution is -2.26. The first-order chi connectivity index (χ1) is 8.58. The third kappa shape index (κ3) is 4.35. The Balaban J connectivity index is 2.86. The summed E-state index contributed by atoms with van der Waals surface area (Å²) in [6.07, 6.45) is 2.30. The smallest absolute Gasteiger partial charge is 0.123 e. The fourth-order valence-corrected chi connectivity index (χ4v) is 2.10. The number of rotatable bonds is 7. The Morgan fingerprint density at radius 2 is 2.11 bits per heavy atom. The second kappa shape index (κ2) is 7.44. The Labute approximate surface area is 114 Å². The summed E-state index contributed by atoms with van der Waals surface area (Å²) in [7, 11) is 0. The molecular formula is C14H21FN2S. The van der Waals surface area contributed by atoms with Crippen molar-refractivity contribution in [3.05, 3.63) is 35.1 Å². The van der Waals surface area contributed by atoms with Gasteiger partial charge in [-0.2, -0.15) is 0 Å². The molecule has 2 N–H and O–H groups in total. The number of benzene rings is 1. The van der Waals surface area contributed by atoms with Crippen molar-refractivity contribution in [1.82, 2.24) is 4.90 Å². The quantitative estimate of drug-likeness (QED) is 0.771. The molecule has 1 aromatic carbocycles. The highest BCUT2D eigenvalue weighted by molar-refractivity contribution is 7.80. The molecule has 0 aliphatic heterocycles. The van der Waals surface area contributed by atoms with Crippen LogP contribution in [0.5, 0.6) is 0 Å². The zero-order valence-corrected chi connectivity index (χ0v) is 11.9. The SMILES string of the molecule is CCCCN(CC)Cc1cc(F)ccc1C(N)=S. The van der Waals surface area contributed by atoms with Crippen LogP contribution in [0.25, 0.3) is 0 Å². The number of halogens is 1. The van der Waals surface area contributed by atoms with Crippen molar-refractivity contribution >= 4 is 17.2 Å². The lowest BCUT2D eigenvalue weighted by molar-refractivity contribution is 0.275. The summed E-state index contributed by atoms with van der Waals surface area (Å²) in [6.45, 7) is 6.92. The molecular weight excluding hydrogens is 247 g/mol. The third-order valence-corrected chi connectivity index (χ3v) is 3.22. The predicted octanol–water partition coefficient (Wildman–Crippen LogP) is 3.08. The van der Waals surface area contributed by atoms with E-state index in [1.807, 2.05) is 0 Å². The van der Waals surface area contributed by atoms with Crippen LogP contribution in [0.3, 0.4) is 0 Å². The van der Waals surface area contributed by atoms with Crippen molar-refractivity contribution in [3.63, 3.8) is 0 Å². The first-order valence-corrected chi connectivity index (χ1v) is 6.79. The number of hydrogen-bond acceptors (Lipinski definition) is 2. The first-order valence-electron chi connectivity index (χ1n) is 6.39. The molecule has 4 heteroatoms. The predicted molar refractivity (Wildman–Crippen MR) is 78.1 cm³/mol. The van der Waals surface area contributed by atoms with E-state index in [9.17, 15) is 4.39 Å². The van der Waals surface area contributed by atoms with Gasteiger partial charge in [-0.3, -0.25) is 4.90 Å². The van der Waals surface area contributed by atoms with E-state index >= 15 is 0 Å². The van der Waals surface area contributed by atoms with Gasteiger partial charge < -0.3 is 5.73 Å². The summed E-state index contributed by atoms with van der Waals surface area (Å²) < 4.78 is 13.3. The Morgan fingerprint density at radius 3 is 2.67 bits per heavy atom. The largest absolute Gasteiger partial charge is 0.389 e. The fourth-order valence-electron chi connectivity index (χ4n) is 1.91. The maximum Gasteiger partial charge on any atom is 0.123 e. The molecule has 0 radical (unpaired) electrons. The van der Waals surface area contributed by atoms with E-state index in [4.69, 9.17) is 18.0 Å². The van der Waals surface area contributed by atoms with Crippen molar-refractivity contribution in [2.45, 2.75) is 33.2 Å². The zero-order valence-electron chi connectivity index (χ0n) is 11.1. The van der Waals surface area contributed by atoms with Gasteiger partial charge in [0.2, 0.25) is 0 Å². The van der Waals surface area contributed by atoms with E-state index in [1.165, 1.54) is 12.1 Å². The standard InChI is InChI=1S/C14H21FN2S/c1-3-5-8-17(4-2)10-11-9-12(15)6-7-13(11)14(16)18/h6-7,9H,3-5,8,10H2,1-2H3,(H2,16,18). The summed E-state index contributed by atoms with van der Waals surface area (Å²) >= 11 is 5.01. The molecule has 1 rings (SSSR count). The van der Waals surface area contributed by atoms with E-state index in [1.54, 1.807) is 6.07 Å². The highest BCUT2D eigenvalue weighted by atomic mass is 32.1. The molecule has 0 bridgehead atoms. The van der Waals surface area contributed by atoms with Gasteiger partial charge in [0, 0.05) is 12.1 Å². The minimum atomic E-state index is -0.239. The van der Waals surface area contributed by atoms with Crippen LogP contribution >= 0.6 is 12.2 Å². The van der Waals surface area contributed by atoms with Gasteiger partial charge >= 0.3 is 0 Å². The Kier molecular flexibility index (Phi) is 6.22. The van der Waals surface area contributed by atoms with E-state index in [-0.39, 0.29) is 5.82 Å². The van der Waals surface area contributed by atoms with Crippen molar-refractivity contribution in [2.75, 3.05) is 13.1 Å². The fraction of sp³-hybridized carbons (Fsp3) is 0.500. The average molecular weight is 268 g/mol. The van der Waals surface area contributed by atoms with Crippen molar-refractivity contribution in [3.8, 4) is 0 Å². The summed E-state index contributed by atoms with van der Waals surface area (Å²) in [6, 6.07) is 4.60. The molecule has 100 valence electrons. The van der Waals surface area contributed by atoms with E-state index in [2.05, 4.69) is 18.7 Å². The van der Waals surface area contributed by atoms with E-state index in [0.29, 0.717) is 11.5 Å². The number of unbranched alkanes of at least 4 members (excludes halogenated alkanes) is 1. The molecule has 2 nitrogen and oxygen atoms in total. The lowest BCUT2D eigenvalue weighted by atomic mass is 10.1. The normalized spacial score (nSPS) is 10.9. The summed E-state index contributed by atoms with van der Waals surface area (Å²) in [5.41, 5.74) is 7.33. The summed E-state index contributed by atoms with van der Waals surface area (Å²) in [5, 5.41) is 0. The summed E-state index contributed by atoms with van der Waals surface area (Å²) in [5.74, 6) is -0.239. The Morgan fingerprint density at radius 1 is 1.39 bits per heavy atom. The third-order valence-electron chi connectivity index (χ3n) is 3.00. The molecule has 0 atom stereocenters. The summed E-state index contributed by atoms with van der Waals surface area (Å²) in [4.78, 5) is 2.61. The maximum absolute atomic E-state index is 13.3. The number of nitrogens with two attached hydrogens (primary N) is 1.